The first kappa shape index (κ1) is 19.4. The Morgan fingerprint density at radius 2 is 1.96 bits per heavy atom. The Bertz CT molecular complexity index is 927. The highest BCUT2D eigenvalue weighted by molar-refractivity contribution is 7.84. The van der Waals surface area contributed by atoms with Crippen LogP contribution in [0.1, 0.15) is 16.8 Å². The Morgan fingerprint density at radius 3 is 2.64 bits per heavy atom. The molecule has 0 spiro atoms. The molecular formula is C17H19AlN3O3S. The third-order valence-electron chi connectivity index (χ3n) is 3.90. The van der Waals surface area contributed by atoms with E-state index in [1.165, 1.54) is 0 Å². The number of aromatic amines is 1. The molecule has 8 heteroatoms. The molecule has 25 heavy (non-hydrogen) atoms. The van der Waals surface area contributed by atoms with Crippen molar-refractivity contribution in [1.82, 2.24) is 15.0 Å². The summed E-state index contributed by atoms with van der Waals surface area (Å²) in [7, 11) is 1.91. The summed E-state index contributed by atoms with van der Waals surface area (Å²) in [5.41, 5.74) is 4.16. The summed E-state index contributed by atoms with van der Waals surface area (Å²) in [6.07, 6.45) is 1.74. The van der Waals surface area contributed by atoms with Crippen LogP contribution in [0.3, 0.4) is 0 Å². The third-order valence-corrected chi connectivity index (χ3v) is 5.06. The number of nitrogens with one attached hydrogen (secondary N) is 1. The first-order chi connectivity index (χ1) is 11.5. The van der Waals surface area contributed by atoms with Gasteiger partial charge in [-0.1, -0.05) is 0 Å². The summed E-state index contributed by atoms with van der Waals surface area (Å²) in [4.78, 5) is 11.9. The molecule has 2 heterocycles. The Balaban J connectivity index is 0.00000225. The van der Waals surface area contributed by atoms with Crippen molar-refractivity contribution in [2.75, 3.05) is 14.2 Å². The average molecular weight is 372 g/mol. The number of H-pyrrole nitrogens is 1. The number of aryl methyl sites for hydroxylation is 1. The highest BCUT2D eigenvalue weighted by Crippen LogP contribution is 2.26. The molecule has 0 aliphatic carbocycles. The molecule has 3 radical (unpaired) electrons. The van der Waals surface area contributed by atoms with E-state index in [4.69, 9.17) is 9.47 Å². The third kappa shape index (κ3) is 3.87. The molecule has 3 aromatic rings. The fourth-order valence-electron chi connectivity index (χ4n) is 2.61. The summed E-state index contributed by atoms with van der Waals surface area (Å²) < 4.78 is 23.3. The predicted octanol–water partition coefficient (Wildman–Crippen LogP) is 2.52. The van der Waals surface area contributed by atoms with E-state index in [1.54, 1.807) is 20.4 Å². The second kappa shape index (κ2) is 8.00. The number of hydrogen-bond acceptors (Lipinski definition) is 5. The number of ether oxygens (including phenoxy) is 2. The molecule has 1 N–H and O–H groups in total. The van der Waals surface area contributed by atoms with Crippen LogP contribution >= 0.6 is 0 Å². The number of methoxy groups -OCH3 is 2. The molecule has 1 aromatic carbocycles. The fourth-order valence-corrected chi connectivity index (χ4v) is 3.71. The Labute approximate surface area is 159 Å². The lowest BCUT2D eigenvalue weighted by molar-refractivity contribution is 0.407. The minimum Gasteiger partial charge on any atom is -0.497 e. The first-order valence-corrected chi connectivity index (χ1v) is 8.76. The van der Waals surface area contributed by atoms with Crippen LogP contribution in [0.25, 0.3) is 11.0 Å². The van der Waals surface area contributed by atoms with Gasteiger partial charge >= 0.3 is 0 Å². The van der Waals surface area contributed by atoms with E-state index >= 15 is 0 Å². The summed E-state index contributed by atoms with van der Waals surface area (Å²) in [6, 6.07) is 5.50. The molecule has 0 aliphatic heterocycles. The minimum atomic E-state index is -1.33. The van der Waals surface area contributed by atoms with Crippen molar-refractivity contribution in [2.24, 2.45) is 0 Å². The van der Waals surface area contributed by atoms with Crippen molar-refractivity contribution >= 4 is 39.2 Å². The van der Waals surface area contributed by atoms with Crippen LogP contribution in [0.2, 0.25) is 0 Å². The molecule has 0 amide bonds. The zero-order chi connectivity index (χ0) is 17.3. The van der Waals surface area contributed by atoms with Crippen LogP contribution in [0.4, 0.5) is 0 Å². The Morgan fingerprint density at radius 1 is 1.20 bits per heavy atom. The minimum absolute atomic E-state index is 0. The number of benzene rings is 1. The maximum atomic E-state index is 12.7. The molecule has 0 bridgehead atoms. The number of rotatable bonds is 5. The van der Waals surface area contributed by atoms with Crippen LogP contribution in [-0.4, -0.2) is 50.7 Å². The number of aromatic nitrogens is 3. The molecule has 1 unspecified atom stereocenters. The molecule has 0 fully saturated rings. The monoisotopic (exact) mass is 372 g/mol. The van der Waals surface area contributed by atoms with Crippen molar-refractivity contribution in [2.45, 2.75) is 24.8 Å². The molecule has 0 saturated heterocycles. The molecule has 0 aliphatic rings. The van der Waals surface area contributed by atoms with Crippen LogP contribution in [-0.2, 0) is 16.6 Å². The SMILES string of the molecule is COc1ccc2nc(S(=O)Cc3ncc(C)c(OC)c3C)[nH]c2c1.[Al]. The lowest BCUT2D eigenvalue weighted by atomic mass is 10.1. The van der Waals surface area contributed by atoms with E-state index in [-0.39, 0.29) is 23.1 Å². The normalized spacial score (nSPS) is 11.8. The topological polar surface area (TPSA) is 77.1 Å². The summed E-state index contributed by atoms with van der Waals surface area (Å²) >= 11 is 0. The van der Waals surface area contributed by atoms with E-state index in [2.05, 4.69) is 15.0 Å². The maximum Gasteiger partial charge on any atom is 0.197 e. The van der Waals surface area contributed by atoms with Gasteiger partial charge in [0.1, 0.15) is 11.5 Å². The van der Waals surface area contributed by atoms with Gasteiger partial charge in [-0.2, -0.15) is 0 Å². The molecule has 1 atom stereocenters. The van der Waals surface area contributed by atoms with Gasteiger partial charge in [-0.15, -0.1) is 0 Å². The van der Waals surface area contributed by atoms with Gasteiger partial charge in [-0.3, -0.25) is 9.19 Å². The molecular weight excluding hydrogens is 353 g/mol. The predicted molar refractivity (Wildman–Crippen MR) is 98.8 cm³/mol. The zero-order valence-electron chi connectivity index (χ0n) is 14.6. The zero-order valence-corrected chi connectivity index (χ0v) is 16.6. The van der Waals surface area contributed by atoms with Gasteiger partial charge in [0.15, 0.2) is 5.16 Å². The summed E-state index contributed by atoms with van der Waals surface area (Å²) in [6.45, 7) is 3.86. The van der Waals surface area contributed by atoms with E-state index in [9.17, 15) is 4.21 Å². The second-order valence-corrected chi connectivity index (χ2v) is 6.83. The van der Waals surface area contributed by atoms with Crippen molar-refractivity contribution in [3.63, 3.8) is 0 Å². The van der Waals surface area contributed by atoms with Crippen LogP contribution < -0.4 is 9.47 Å². The number of nitrogens with zero attached hydrogens (tertiary/aromatic N) is 2. The van der Waals surface area contributed by atoms with Gasteiger partial charge in [0, 0.05) is 40.8 Å². The second-order valence-electron chi connectivity index (χ2n) is 5.46. The lowest BCUT2D eigenvalue weighted by Crippen LogP contribution is -2.05. The van der Waals surface area contributed by atoms with Gasteiger partial charge in [0.05, 0.1) is 47.5 Å². The molecule has 0 saturated carbocycles. The Kier molecular flexibility index (Phi) is 6.22. The lowest BCUT2D eigenvalue weighted by Gasteiger charge is -2.11. The fraction of sp³-hybridized carbons (Fsp3) is 0.294. The molecule has 3 rings (SSSR count). The van der Waals surface area contributed by atoms with Gasteiger partial charge < -0.3 is 14.5 Å². The number of hydrogen-bond donors (Lipinski definition) is 1. The number of pyridine rings is 1. The summed E-state index contributed by atoms with van der Waals surface area (Å²) in [5, 5.41) is 0.430. The van der Waals surface area contributed by atoms with E-state index in [0.29, 0.717) is 5.16 Å². The van der Waals surface area contributed by atoms with Crippen molar-refractivity contribution in [1.29, 1.82) is 0 Å². The van der Waals surface area contributed by atoms with Crippen molar-refractivity contribution < 1.29 is 13.7 Å². The molecule has 2 aromatic heterocycles. The quantitative estimate of drug-likeness (QED) is 0.697. The van der Waals surface area contributed by atoms with Gasteiger partial charge in [-0.25, -0.2) is 4.98 Å². The first-order valence-electron chi connectivity index (χ1n) is 7.44. The average Bonchev–Trinajstić information content (AvgIpc) is 3.01. The largest absolute Gasteiger partial charge is 0.497 e. The van der Waals surface area contributed by atoms with E-state index in [1.807, 2.05) is 32.0 Å². The highest BCUT2D eigenvalue weighted by Gasteiger charge is 2.16. The standard InChI is InChI=1S/C17H19N3O3S.Al/c1-10-8-18-15(11(2)16(10)23-4)9-24(21)17-19-13-6-5-12(22-3)7-14(13)20-17;/h5-8H,9H2,1-4H3,(H,19,20);. The van der Waals surface area contributed by atoms with Gasteiger partial charge in [0.2, 0.25) is 0 Å². The van der Waals surface area contributed by atoms with Crippen LogP contribution in [0.5, 0.6) is 11.5 Å². The molecule has 6 nitrogen and oxygen atoms in total. The number of imidazole rings is 1. The highest BCUT2D eigenvalue weighted by atomic mass is 32.2. The maximum absolute atomic E-state index is 12.7. The summed E-state index contributed by atoms with van der Waals surface area (Å²) in [5.74, 6) is 1.79. The molecule has 129 valence electrons. The smallest absolute Gasteiger partial charge is 0.197 e. The Hall–Kier alpha value is -1.88. The van der Waals surface area contributed by atoms with E-state index in [0.717, 1.165) is 39.4 Å². The van der Waals surface area contributed by atoms with Crippen molar-refractivity contribution in [3.05, 3.63) is 41.2 Å². The van der Waals surface area contributed by atoms with E-state index < -0.39 is 10.8 Å². The van der Waals surface area contributed by atoms with Crippen LogP contribution in [0, 0.1) is 13.8 Å². The van der Waals surface area contributed by atoms with Crippen molar-refractivity contribution in [3.8, 4) is 11.5 Å². The van der Waals surface area contributed by atoms with Crippen LogP contribution in [0.15, 0.2) is 29.6 Å². The van der Waals surface area contributed by atoms with Gasteiger partial charge in [0.25, 0.3) is 0 Å². The number of fused-ring (bicyclic) bond motifs is 1. The van der Waals surface area contributed by atoms with Gasteiger partial charge in [-0.05, 0) is 26.0 Å².